The van der Waals surface area contributed by atoms with Crippen LogP contribution < -0.4 is 5.73 Å². The standard InChI is InChI=1S/C11H19N3O4/c1-8(11(17)18)10(16)14-4-2-3-13(5-6-14)7-9(12)15/h8H,2-7H2,1H3,(H2,12,15)(H,17,18). The van der Waals surface area contributed by atoms with Gasteiger partial charge >= 0.3 is 5.97 Å². The maximum absolute atomic E-state index is 11.9. The molecule has 0 radical (unpaired) electrons. The van der Waals surface area contributed by atoms with Crippen molar-refractivity contribution in [2.24, 2.45) is 11.7 Å². The van der Waals surface area contributed by atoms with Crippen molar-refractivity contribution in [3.63, 3.8) is 0 Å². The largest absolute Gasteiger partial charge is 0.481 e. The zero-order valence-electron chi connectivity index (χ0n) is 10.5. The van der Waals surface area contributed by atoms with Crippen LogP contribution in [0.1, 0.15) is 13.3 Å². The molecule has 0 aromatic carbocycles. The van der Waals surface area contributed by atoms with Gasteiger partial charge in [0, 0.05) is 26.2 Å². The minimum absolute atomic E-state index is 0.177. The Morgan fingerprint density at radius 1 is 1.22 bits per heavy atom. The summed E-state index contributed by atoms with van der Waals surface area (Å²) in [6.07, 6.45) is 0.714. The van der Waals surface area contributed by atoms with E-state index in [0.29, 0.717) is 32.6 Å². The predicted molar refractivity (Wildman–Crippen MR) is 63.6 cm³/mol. The Morgan fingerprint density at radius 3 is 2.44 bits per heavy atom. The number of hydrogen-bond donors (Lipinski definition) is 2. The van der Waals surface area contributed by atoms with Crippen molar-refractivity contribution >= 4 is 17.8 Å². The normalized spacial score (nSPS) is 19.1. The van der Waals surface area contributed by atoms with E-state index in [1.165, 1.54) is 6.92 Å². The molecule has 0 spiro atoms. The molecule has 18 heavy (non-hydrogen) atoms. The average molecular weight is 257 g/mol. The zero-order chi connectivity index (χ0) is 13.7. The number of carbonyl (C=O) groups is 3. The summed E-state index contributed by atoms with van der Waals surface area (Å²) in [5.41, 5.74) is 5.12. The van der Waals surface area contributed by atoms with E-state index in [0.717, 1.165) is 0 Å². The third-order valence-corrected chi connectivity index (χ3v) is 3.02. The van der Waals surface area contributed by atoms with Gasteiger partial charge < -0.3 is 15.7 Å². The van der Waals surface area contributed by atoms with Crippen molar-refractivity contribution in [3.05, 3.63) is 0 Å². The molecule has 0 aliphatic carbocycles. The molecule has 0 saturated carbocycles. The summed E-state index contributed by atoms with van der Waals surface area (Å²) < 4.78 is 0. The molecule has 0 aromatic rings. The highest BCUT2D eigenvalue weighted by atomic mass is 16.4. The molecule has 1 aliphatic rings. The van der Waals surface area contributed by atoms with Gasteiger partial charge in [0.15, 0.2) is 0 Å². The molecule has 7 heteroatoms. The van der Waals surface area contributed by atoms with Gasteiger partial charge in [0.2, 0.25) is 11.8 Å². The second-order valence-electron chi connectivity index (χ2n) is 4.48. The summed E-state index contributed by atoms with van der Waals surface area (Å²) in [6, 6.07) is 0. The zero-order valence-corrected chi connectivity index (χ0v) is 10.5. The van der Waals surface area contributed by atoms with E-state index in [4.69, 9.17) is 10.8 Å². The fourth-order valence-corrected chi connectivity index (χ4v) is 1.95. The number of carboxylic acids is 1. The molecule has 7 nitrogen and oxygen atoms in total. The molecule has 1 unspecified atom stereocenters. The van der Waals surface area contributed by atoms with Crippen LogP contribution in [-0.4, -0.2) is 65.4 Å². The monoisotopic (exact) mass is 257 g/mol. The summed E-state index contributed by atoms with van der Waals surface area (Å²) in [4.78, 5) is 36.8. The number of nitrogens with two attached hydrogens (primary N) is 1. The van der Waals surface area contributed by atoms with Crippen LogP contribution in [0.25, 0.3) is 0 Å². The van der Waals surface area contributed by atoms with E-state index >= 15 is 0 Å². The van der Waals surface area contributed by atoms with Gasteiger partial charge in [-0.3, -0.25) is 19.3 Å². The number of hydrogen-bond acceptors (Lipinski definition) is 4. The maximum Gasteiger partial charge on any atom is 0.315 e. The lowest BCUT2D eigenvalue weighted by atomic mass is 10.1. The molecule has 0 bridgehead atoms. The van der Waals surface area contributed by atoms with Crippen LogP contribution in [0.4, 0.5) is 0 Å². The Hall–Kier alpha value is -1.63. The lowest BCUT2D eigenvalue weighted by Gasteiger charge is -2.22. The molecule has 1 heterocycles. The highest BCUT2D eigenvalue weighted by Gasteiger charge is 2.27. The van der Waals surface area contributed by atoms with Crippen molar-refractivity contribution in [2.45, 2.75) is 13.3 Å². The van der Waals surface area contributed by atoms with Crippen LogP contribution >= 0.6 is 0 Å². The molecule has 1 atom stereocenters. The van der Waals surface area contributed by atoms with Crippen molar-refractivity contribution in [1.82, 2.24) is 9.80 Å². The van der Waals surface area contributed by atoms with Crippen molar-refractivity contribution in [1.29, 1.82) is 0 Å². The Labute approximate surface area is 106 Å². The Bertz CT molecular complexity index is 345. The van der Waals surface area contributed by atoms with Gasteiger partial charge in [-0.25, -0.2) is 0 Å². The number of amides is 2. The van der Waals surface area contributed by atoms with Crippen LogP contribution in [0.2, 0.25) is 0 Å². The molecule has 102 valence electrons. The molecule has 1 saturated heterocycles. The quantitative estimate of drug-likeness (QED) is 0.611. The fraction of sp³-hybridized carbons (Fsp3) is 0.727. The van der Waals surface area contributed by atoms with Gasteiger partial charge in [-0.05, 0) is 13.3 Å². The van der Waals surface area contributed by atoms with Crippen LogP contribution in [0.15, 0.2) is 0 Å². The SMILES string of the molecule is CC(C(=O)O)C(=O)N1CCCN(CC(N)=O)CC1. The molecule has 2 amide bonds. The van der Waals surface area contributed by atoms with Crippen LogP contribution in [-0.2, 0) is 14.4 Å². The molecule has 1 rings (SSSR count). The van der Waals surface area contributed by atoms with E-state index < -0.39 is 17.8 Å². The highest BCUT2D eigenvalue weighted by Crippen LogP contribution is 2.08. The topological polar surface area (TPSA) is 104 Å². The average Bonchev–Trinajstić information content (AvgIpc) is 2.51. The van der Waals surface area contributed by atoms with Gasteiger partial charge in [-0.1, -0.05) is 0 Å². The van der Waals surface area contributed by atoms with Crippen LogP contribution in [0.5, 0.6) is 0 Å². The third kappa shape index (κ3) is 3.99. The smallest absolute Gasteiger partial charge is 0.315 e. The first-order valence-corrected chi connectivity index (χ1v) is 5.94. The number of primary amides is 1. The lowest BCUT2D eigenvalue weighted by molar-refractivity contribution is -0.150. The minimum atomic E-state index is -1.11. The van der Waals surface area contributed by atoms with Crippen LogP contribution in [0, 0.1) is 5.92 Å². The van der Waals surface area contributed by atoms with Crippen LogP contribution in [0.3, 0.4) is 0 Å². The molecule has 0 aromatic heterocycles. The van der Waals surface area contributed by atoms with Crippen molar-refractivity contribution < 1.29 is 19.5 Å². The number of nitrogens with zero attached hydrogens (tertiary/aromatic N) is 2. The first-order chi connectivity index (χ1) is 8.41. The number of carboxylic acid groups (broad SMARTS) is 1. The fourth-order valence-electron chi connectivity index (χ4n) is 1.95. The molecule has 1 aliphatic heterocycles. The summed E-state index contributed by atoms with van der Waals surface area (Å²) in [7, 11) is 0. The third-order valence-electron chi connectivity index (χ3n) is 3.02. The highest BCUT2D eigenvalue weighted by molar-refractivity contribution is 5.96. The Morgan fingerprint density at radius 2 is 1.89 bits per heavy atom. The second-order valence-corrected chi connectivity index (χ2v) is 4.48. The first kappa shape index (κ1) is 14.4. The predicted octanol–water partition coefficient (Wildman–Crippen LogP) is -1.27. The van der Waals surface area contributed by atoms with Crippen molar-refractivity contribution in [3.8, 4) is 0 Å². The maximum atomic E-state index is 11.9. The van der Waals surface area contributed by atoms with Gasteiger partial charge in [-0.15, -0.1) is 0 Å². The lowest BCUT2D eigenvalue weighted by Crippen LogP contribution is -2.41. The van der Waals surface area contributed by atoms with Gasteiger partial charge in [0.1, 0.15) is 5.92 Å². The Kier molecular flexibility index (Phi) is 5.08. The van der Waals surface area contributed by atoms with E-state index in [2.05, 4.69) is 0 Å². The minimum Gasteiger partial charge on any atom is -0.481 e. The second kappa shape index (κ2) is 6.34. The van der Waals surface area contributed by atoms with E-state index in [1.807, 2.05) is 4.90 Å². The molecular weight excluding hydrogens is 238 g/mol. The van der Waals surface area contributed by atoms with Gasteiger partial charge in [-0.2, -0.15) is 0 Å². The molecule has 1 fully saturated rings. The first-order valence-electron chi connectivity index (χ1n) is 5.94. The summed E-state index contributed by atoms with van der Waals surface area (Å²) in [5, 5.41) is 8.81. The summed E-state index contributed by atoms with van der Waals surface area (Å²) in [5.74, 6) is -2.90. The summed E-state index contributed by atoms with van der Waals surface area (Å²) in [6.45, 7) is 3.75. The van der Waals surface area contributed by atoms with Gasteiger partial charge in [0.25, 0.3) is 0 Å². The van der Waals surface area contributed by atoms with Crippen molar-refractivity contribution in [2.75, 3.05) is 32.7 Å². The van der Waals surface area contributed by atoms with E-state index in [1.54, 1.807) is 4.90 Å². The number of aliphatic carboxylic acids is 1. The van der Waals surface area contributed by atoms with Gasteiger partial charge in [0.05, 0.1) is 6.54 Å². The molecular formula is C11H19N3O4. The van der Waals surface area contributed by atoms with E-state index in [-0.39, 0.29) is 12.5 Å². The summed E-state index contributed by atoms with van der Waals surface area (Å²) >= 11 is 0. The Balaban J connectivity index is 2.53. The number of carbonyl (C=O) groups excluding carboxylic acids is 2. The number of rotatable bonds is 4. The van der Waals surface area contributed by atoms with E-state index in [9.17, 15) is 14.4 Å². The molecule has 3 N–H and O–H groups in total.